The first-order valence-electron chi connectivity index (χ1n) is 6.97. The van der Waals surface area contributed by atoms with E-state index in [0.29, 0.717) is 5.69 Å². The van der Waals surface area contributed by atoms with Crippen molar-refractivity contribution in [1.82, 2.24) is 4.31 Å². The maximum atomic E-state index is 12.4. The number of anilines is 1. The van der Waals surface area contributed by atoms with E-state index in [0.717, 1.165) is 9.18 Å². The third-order valence-corrected chi connectivity index (χ3v) is 5.81. The largest absolute Gasteiger partial charge is 0.495 e. The van der Waals surface area contributed by atoms with Gasteiger partial charge in [-0.1, -0.05) is 6.07 Å². The zero-order valence-corrected chi connectivity index (χ0v) is 15.1. The summed E-state index contributed by atoms with van der Waals surface area (Å²) in [5.74, 6) is -0.127. The maximum Gasteiger partial charge on any atom is 0.248 e. The minimum absolute atomic E-state index is 0.00460. The van der Waals surface area contributed by atoms with Crippen LogP contribution in [0.25, 0.3) is 6.08 Å². The number of hydrogen-bond donors (Lipinski definition) is 1. The number of carbonyl (C=O) groups excluding carboxylic acids is 1. The van der Waals surface area contributed by atoms with Crippen molar-refractivity contribution >= 4 is 39.0 Å². The summed E-state index contributed by atoms with van der Waals surface area (Å²) in [4.78, 5) is 12.9. The van der Waals surface area contributed by atoms with Crippen LogP contribution < -0.4 is 10.1 Å². The smallest absolute Gasteiger partial charge is 0.248 e. The molecule has 1 aromatic heterocycles. The Morgan fingerprint density at radius 1 is 1.29 bits per heavy atom. The number of hydrogen-bond acceptors (Lipinski definition) is 5. The topological polar surface area (TPSA) is 75.7 Å². The average Bonchev–Trinajstić information content (AvgIpc) is 3.06. The molecular weight excluding hydrogens is 348 g/mol. The van der Waals surface area contributed by atoms with Gasteiger partial charge in [0.25, 0.3) is 0 Å². The fourth-order valence-corrected chi connectivity index (χ4v) is 3.57. The molecule has 1 N–H and O–H groups in total. The number of methoxy groups -OCH3 is 1. The second-order valence-corrected chi connectivity index (χ2v) is 8.09. The second kappa shape index (κ2) is 7.61. The Kier molecular flexibility index (Phi) is 5.76. The molecule has 128 valence electrons. The number of amides is 1. The van der Waals surface area contributed by atoms with Gasteiger partial charge in [-0.3, -0.25) is 4.79 Å². The highest BCUT2D eigenvalue weighted by molar-refractivity contribution is 7.89. The highest BCUT2D eigenvalue weighted by Crippen LogP contribution is 2.28. The number of ether oxygens (including phenoxy) is 1. The molecule has 1 aromatic carbocycles. The van der Waals surface area contributed by atoms with Gasteiger partial charge in [0.2, 0.25) is 15.9 Å². The van der Waals surface area contributed by atoms with Crippen LogP contribution in [0.2, 0.25) is 0 Å². The predicted molar refractivity (Wildman–Crippen MR) is 95.8 cm³/mol. The molecule has 0 saturated carbocycles. The number of nitrogens with zero attached hydrogens (tertiary/aromatic N) is 1. The average molecular weight is 366 g/mol. The molecule has 1 amide bonds. The fourth-order valence-electron chi connectivity index (χ4n) is 1.88. The molecule has 0 aliphatic rings. The first-order chi connectivity index (χ1) is 11.3. The summed E-state index contributed by atoms with van der Waals surface area (Å²) in [5, 5.41) is 4.56. The fraction of sp³-hybridized carbons (Fsp3) is 0.188. The molecule has 1 heterocycles. The molecule has 0 saturated heterocycles. The first-order valence-corrected chi connectivity index (χ1v) is 9.29. The molecule has 0 bridgehead atoms. The SMILES string of the molecule is COc1ccc(NC(=O)C=Cc2cccs2)cc1S(=O)(=O)N(C)C. The van der Waals surface area contributed by atoms with Crippen molar-refractivity contribution in [2.75, 3.05) is 26.5 Å². The van der Waals surface area contributed by atoms with E-state index in [9.17, 15) is 13.2 Å². The van der Waals surface area contributed by atoms with Crippen molar-refractivity contribution in [1.29, 1.82) is 0 Å². The van der Waals surface area contributed by atoms with Gasteiger partial charge in [-0.05, 0) is 35.7 Å². The summed E-state index contributed by atoms with van der Waals surface area (Å²) in [6, 6.07) is 8.26. The van der Waals surface area contributed by atoms with E-state index in [1.165, 1.54) is 50.8 Å². The molecule has 0 fully saturated rings. The van der Waals surface area contributed by atoms with Crippen molar-refractivity contribution in [3.63, 3.8) is 0 Å². The van der Waals surface area contributed by atoms with Gasteiger partial charge in [-0.15, -0.1) is 11.3 Å². The number of rotatable bonds is 6. The van der Waals surface area contributed by atoms with E-state index >= 15 is 0 Å². The molecule has 24 heavy (non-hydrogen) atoms. The lowest BCUT2D eigenvalue weighted by molar-refractivity contribution is -0.111. The Morgan fingerprint density at radius 2 is 2.04 bits per heavy atom. The Labute approximate surface area is 145 Å². The van der Waals surface area contributed by atoms with Crippen molar-refractivity contribution in [3.8, 4) is 5.75 Å². The van der Waals surface area contributed by atoms with Crippen molar-refractivity contribution in [3.05, 3.63) is 46.7 Å². The van der Waals surface area contributed by atoms with Gasteiger partial charge in [0, 0.05) is 30.7 Å². The van der Waals surface area contributed by atoms with E-state index < -0.39 is 10.0 Å². The molecule has 0 unspecified atom stereocenters. The van der Waals surface area contributed by atoms with E-state index in [4.69, 9.17) is 4.74 Å². The van der Waals surface area contributed by atoms with Gasteiger partial charge >= 0.3 is 0 Å². The van der Waals surface area contributed by atoms with Crippen molar-refractivity contribution in [2.45, 2.75) is 4.90 Å². The normalized spacial score (nSPS) is 11.8. The van der Waals surface area contributed by atoms with Crippen LogP contribution in [-0.2, 0) is 14.8 Å². The minimum atomic E-state index is -3.69. The summed E-state index contributed by atoms with van der Waals surface area (Å²) >= 11 is 1.52. The lowest BCUT2D eigenvalue weighted by Crippen LogP contribution is -2.23. The zero-order valence-electron chi connectivity index (χ0n) is 13.5. The van der Waals surface area contributed by atoms with Gasteiger partial charge in [0.15, 0.2) is 0 Å². The maximum absolute atomic E-state index is 12.4. The Hall–Kier alpha value is -2.16. The molecule has 0 aliphatic carbocycles. The highest BCUT2D eigenvalue weighted by atomic mass is 32.2. The molecular formula is C16H18N2O4S2. The van der Waals surface area contributed by atoms with Gasteiger partial charge in [0.1, 0.15) is 10.6 Å². The van der Waals surface area contributed by atoms with Gasteiger partial charge < -0.3 is 10.1 Å². The van der Waals surface area contributed by atoms with E-state index in [-0.39, 0.29) is 16.6 Å². The number of thiophene rings is 1. The van der Waals surface area contributed by atoms with Gasteiger partial charge in [-0.25, -0.2) is 12.7 Å². The van der Waals surface area contributed by atoms with Gasteiger partial charge in [0.05, 0.1) is 7.11 Å². The van der Waals surface area contributed by atoms with Crippen molar-refractivity contribution < 1.29 is 17.9 Å². The predicted octanol–water partition coefficient (Wildman–Crippen LogP) is 2.66. The summed E-state index contributed by atoms with van der Waals surface area (Å²) in [6.07, 6.45) is 3.09. The van der Waals surface area contributed by atoms with Crippen LogP contribution in [0, 0.1) is 0 Å². The summed E-state index contributed by atoms with van der Waals surface area (Å²) in [6.45, 7) is 0. The lowest BCUT2D eigenvalue weighted by Gasteiger charge is -2.15. The quantitative estimate of drug-likeness (QED) is 0.798. The third kappa shape index (κ3) is 4.22. The third-order valence-electron chi connectivity index (χ3n) is 3.13. The van der Waals surface area contributed by atoms with Crippen LogP contribution in [0.15, 0.2) is 46.7 Å². The monoisotopic (exact) mass is 366 g/mol. The molecule has 8 heteroatoms. The second-order valence-electron chi connectivity index (χ2n) is 4.99. The summed E-state index contributed by atoms with van der Waals surface area (Å²) in [5.41, 5.74) is 0.372. The number of benzene rings is 1. The molecule has 6 nitrogen and oxygen atoms in total. The molecule has 0 aliphatic heterocycles. The zero-order chi connectivity index (χ0) is 17.7. The number of carbonyl (C=O) groups is 1. The van der Waals surface area contributed by atoms with Crippen LogP contribution in [0.1, 0.15) is 4.88 Å². The van der Waals surface area contributed by atoms with Crippen LogP contribution >= 0.6 is 11.3 Å². The van der Waals surface area contributed by atoms with Crippen LogP contribution in [0.3, 0.4) is 0 Å². The molecule has 0 atom stereocenters. The van der Waals surface area contributed by atoms with Crippen LogP contribution in [0.5, 0.6) is 5.75 Å². The minimum Gasteiger partial charge on any atom is -0.495 e. The first kappa shape index (κ1) is 18.2. The highest BCUT2D eigenvalue weighted by Gasteiger charge is 2.22. The molecule has 2 aromatic rings. The van der Waals surface area contributed by atoms with Crippen LogP contribution in [0.4, 0.5) is 5.69 Å². The number of nitrogens with one attached hydrogen (secondary N) is 1. The standard InChI is InChI=1S/C16H18N2O4S2/c1-18(2)24(20,21)15-11-12(6-8-14(15)22-3)17-16(19)9-7-13-5-4-10-23-13/h4-11H,1-3H3,(H,17,19). The summed E-state index contributed by atoms with van der Waals surface area (Å²) in [7, 11) is 0.579. The van der Waals surface area contributed by atoms with E-state index in [1.807, 2.05) is 17.5 Å². The molecule has 0 radical (unpaired) electrons. The van der Waals surface area contributed by atoms with Crippen molar-refractivity contribution in [2.24, 2.45) is 0 Å². The molecule has 0 spiro atoms. The van der Waals surface area contributed by atoms with Gasteiger partial charge in [-0.2, -0.15) is 0 Å². The lowest BCUT2D eigenvalue weighted by atomic mass is 10.3. The summed E-state index contributed by atoms with van der Waals surface area (Å²) < 4.78 is 30.9. The Bertz CT molecular complexity index is 841. The molecule has 2 rings (SSSR count). The van der Waals surface area contributed by atoms with E-state index in [1.54, 1.807) is 12.1 Å². The van der Waals surface area contributed by atoms with Crippen LogP contribution in [-0.4, -0.2) is 39.8 Å². The Balaban J connectivity index is 2.24. The number of sulfonamides is 1. The van der Waals surface area contributed by atoms with E-state index in [2.05, 4.69) is 5.32 Å². The Morgan fingerprint density at radius 3 is 2.62 bits per heavy atom.